The van der Waals surface area contributed by atoms with Crippen molar-refractivity contribution in [1.82, 2.24) is 0 Å². The lowest BCUT2D eigenvalue weighted by Gasteiger charge is -2.00. The van der Waals surface area contributed by atoms with E-state index in [9.17, 15) is 14.4 Å². The number of hydrogen-bond donors (Lipinski definition) is 2. The van der Waals surface area contributed by atoms with Crippen molar-refractivity contribution in [1.29, 1.82) is 0 Å². The van der Waals surface area contributed by atoms with Gasteiger partial charge in [0.25, 0.3) is 0 Å². The third kappa shape index (κ3) is 4.16. The Morgan fingerprint density at radius 3 is 2.26 bits per heavy atom. The fraction of sp³-hybridized carbons (Fsp3) is 0.118. The van der Waals surface area contributed by atoms with Crippen LogP contribution in [-0.2, 0) is 11.2 Å². The Bertz CT molecular complexity index is 780. The second-order valence-electron chi connectivity index (χ2n) is 4.89. The molecule has 0 aliphatic heterocycles. The van der Waals surface area contributed by atoms with Crippen LogP contribution in [-0.4, -0.2) is 27.7 Å². The van der Waals surface area contributed by atoms with Crippen molar-refractivity contribution in [2.75, 3.05) is 0 Å². The van der Waals surface area contributed by atoms with Crippen LogP contribution in [0.15, 0.2) is 52.7 Å². The van der Waals surface area contributed by atoms with Crippen molar-refractivity contribution in [3.05, 3.63) is 70.9 Å². The van der Waals surface area contributed by atoms with E-state index in [2.05, 4.69) is 0 Å². The second kappa shape index (κ2) is 6.74. The summed E-state index contributed by atoms with van der Waals surface area (Å²) in [4.78, 5) is 33.4. The van der Waals surface area contributed by atoms with E-state index in [1.165, 1.54) is 13.0 Å². The first kappa shape index (κ1) is 16.2. The number of aliphatic hydroxyl groups excluding tert-OH is 1. The molecule has 0 atom stereocenters. The molecule has 0 aliphatic carbocycles. The molecule has 2 aromatic rings. The van der Waals surface area contributed by atoms with Gasteiger partial charge in [-0.2, -0.15) is 0 Å². The monoisotopic (exact) mass is 314 g/mol. The van der Waals surface area contributed by atoms with Crippen LogP contribution in [0.4, 0.5) is 0 Å². The van der Waals surface area contributed by atoms with E-state index in [0.717, 1.165) is 5.56 Å². The highest BCUT2D eigenvalue weighted by atomic mass is 16.4. The molecule has 2 rings (SSSR count). The number of aliphatic carboxylic acids is 1. The zero-order valence-corrected chi connectivity index (χ0v) is 12.3. The Kier molecular flexibility index (Phi) is 4.75. The molecule has 118 valence electrons. The minimum atomic E-state index is -1.59. The average molecular weight is 314 g/mol. The lowest BCUT2D eigenvalue weighted by Crippen LogP contribution is -2.03. The maximum Gasteiger partial charge on any atom is 0.371 e. The molecule has 0 aliphatic rings. The van der Waals surface area contributed by atoms with E-state index in [1.54, 1.807) is 30.3 Å². The number of rotatable bonds is 6. The molecule has 0 spiro atoms. The predicted octanol–water partition coefficient (Wildman–Crippen LogP) is 2.78. The van der Waals surface area contributed by atoms with Crippen molar-refractivity contribution in [2.45, 2.75) is 13.3 Å². The summed E-state index contributed by atoms with van der Waals surface area (Å²) < 4.78 is 5.34. The van der Waals surface area contributed by atoms with Gasteiger partial charge < -0.3 is 14.6 Å². The highest BCUT2D eigenvalue weighted by Crippen LogP contribution is 2.15. The van der Waals surface area contributed by atoms with Crippen LogP contribution in [0.5, 0.6) is 0 Å². The van der Waals surface area contributed by atoms with Gasteiger partial charge >= 0.3 is 5.97 Å². The average Bonchev–Trinajstić information content (AvgIpc) is 2.96. The standard InChI is InChI=1S/C17H14O6/c1-10(18)12-4-2-11(3-5-12)8-13-6-7-16(23-13)14(19)9-15(20)17(21)22/h2-7,9,20H,8H2,1H3,(H,21,22). The van der Waals surface area contributed by atoms with Crippen LogP contribution >= 0.6 is 0 Å². The number of benzene rings is 1. The third-order valence-corrected chi connectivity index (χ3v) is 3.13. The zero-order chi connectivity index (χ0) is 17.0. The maximum atomic E-state index is 11.7. The van der Waals surface area contributed by atoms with Crippen molar-refractivity contribution in [3.8, 4) is 0 Å². The van der Waals surface area contributed by atoms with Gasteiger partial charge in [0.2, 0.25) is 11.5 Å². The summed E-state index contributed by atoms with van der Waals surface area (Å²) in [7, 11) is 0. The molecule has 6 heteroatoms. The Morgan fingerprint density at radius 1 is 1.04 bits per heavy atom. The number of carbonyl (C=O) groups is 3. The molecule has 0 radical (unpaired) electrons. The van der Waals surface area contributed by atoms with Crippen LogP contribution in [0.1, 0.15) is 39.2 Å². The molecule has 0 fully saturated rings. The van der Waals surface area contributed by atoms with Crippen LogP contribution in [0.25, 0.3) is 0 Å². The normalized spacial score (nSPS) is 11.3. The first-order chi connectivity index (χ1) is 10.9. The quantitative estimate of drug-likeness (QED) is 0.482. The molecular weight excluding hydrogens is 300 g/mol. The van der Waals surface area contributed by atoms with E-state index in [-0.39, 0.29) is 11.5 Å². The van der Waals surface area contributed by atoms with Crippen molar-refractivity contribution in [3.63, 3.8) is 0 Å². The van der Waals surface area contributed by atoms with E-state index in [0.29, 0.717) is 23.8 Å². The summed E-state index contributed by atoms with van der Waals surface area (Å²) >= 11 is 0. The van der Waals surface area contributed by atoms with Gasteiger partial charge in [0, 0.05) is 18.1 Å². The molecule has 0 amide bonds. The summed E-state index contributed by atoms with van der Waals surface area (Å²) in [6.07, 6.45) is 1.01. The molecule has 6 nitrogen and oxygen atoms in total. The number of Topliss-reactive ketones (excluding diaryl/α,β-unsaturated/α-hetero) is 1. The molecule has 0 saturated heterocycles. The topological polar surface area (TPSA) is 105 Å². The van der Waals surface area contributed by atoms with Gasteiger partial charge in [-0.25, -0.2) is 4.79 Å². The van der Waals surface area contributed by atoms with Crippen molar-refractivity contribution in [2.24, 2.45) is 0 Å². The highest BCUT2D eigenvalue weighted by molar-refractivity contribution is 6.06. The highest BCUT2D eigenvalue weighted by Gasteiger charge is 2.13. The number of ketones is 2. The van der Waals surface area contributed by atoms with Crippen molar-refractivity contribution >= 4 is 17.5 Å². The SMILES string of the molecule is CC(=O)c1ccc(Cc2ccc(C(=O)C=C(O)C(=O)O)o2)cc1. The van der Waals surface area contributed by atoms with E-state index in [1.807, 2.05) is 0 Å². The molecule has 1 aromatic heterocycles. The Hall–Kier alpha value is -3.15. The Balaban J connectivity index is 2.10. The van der Waals surface area contributed by atoms with Crippen LogP contribution in [0.3, 0.4) is 0 Å². The van der Waals surface area contributed by atoms with Gasteiger partial charge in [0.1, 0.15) is 5.76 Å². The third-order valence-electron chi connectivity index (χ3n) is 3.13. The number of carbonyl (C=O) groups excluding carboxylic acids is 2. The number of furan rings is 1. The molecular formula is C17H14O6. The molecule has 0 bridgehead atoms. The lowest BCUT2D eigenvalue weighted by molar-refractivity contribution is -0.135. The van der Waals surface area contributed by atoms with Gasteiger partial charge in [-0.1, -0.05) is 24.3 Å². The summed E-state index contributed by atoms with van der Waals surface area (Å²) in [6, 6.07) is 10.00. The molecule has 2 N–H and O–H groups in total. The minimum absolute atomic E-state index is 0.0209. The van der Waals surface area contributed by atoms with Crippen molar-refractivity contribution < 1.29 is 29.0 Å². The van der Waals surface area contributed by atoms with E-state index in [4.69, 9.17) is 14.6 Å². The van der Waals surface area contributed by atoms with Gasteiger partial charge in [0.15, 0.2) is 11.5 Å². The lowest BCUT2D eigenvalue weighted by atomic mass is 10.1. The fourth-order valence-corrected chi connectivity index (χ4v) is 1.92. The zero-order valence-electron chi connectivity index (χ0n) is 12.3. The number of hydrogen-bond acceptors (Lipinski definition) is 5. The number of aliphatic hydroxyl groups is 1. The summed E-state index contributed by atoms with van der Waals surface area (Å²) in [5, 5.41) is 17.6. The Labute approximate surface area is 131 Å². The van der Waals surface area contributed by atoms with E-state index < -0.39 is 17.5 Å². The predicted molar refractivity (Wildman–Crippen MR) is 80.6 cm³/mol. The first-order valence-corrected chi connectivity index (χ1v) is 6.73. The molecule has 0 unspecified atom stereocenters. The number of carboxylic acids is 1. The maximum absolute atomic E-state index is 11.7. The minimum Gasteiger partial charge on any atom is -0.502 e. The van der Waals surface area contributed by atoms with Gasteiger partial charge in [-0.05, 0) is 24.6 Å². The first-order valence-electron chi connectivity index (χ1n) is 6.73. The second-order valence-corrected chi connectivity index (χ2v) is 4.89. The summed E-state index contributed by atoms with van der Waals surface area (Å²) in [6.45, 7) is 1.49. The Morgan fingerprint density at radius 2 is 1.70 bits per heavy atom. The van der Waals surface area contributed by atoms with Crippen LogP contribution in [0, 0.1) is 0 Å². The van der Waals surface area contributed by atoms with Gasteiger partial charge in [-0.15, -0.1) is 0 Å². The molecule has 1 aromatic carbocycles. The largest absolute Gasteiger partial charge is 0.502 e. The molecule has 0 saturated carbocycles. The number of carboxylic acid groups (broad SMARTS) is 1. The molecule has 23 heavy (non-hydrogen) atoms. The van der Waals surface area contributed by atoms with E-state index >= 15 is 0 Å². The van der Waals surface area contributed by atoms with Gasteiger partial charge in [-0.3, -0.25) is 9.59 Å². The van der Waals surface area contributed by atoms with Gasteiger partial charge in [0.05, 0.1) is 0 Å². The molecule has 1 heterocycles. The van der Waals surface area contributed by atoms with Crippen LogP contribution in [0.2, 0.25) is 0 Å². The summed E-state index contributed by atoms with van der Waals surface area (Å²) in [5.74, 6) is -2.95. The van der Waals surface area contributed by atoms with Crippen LogP contribution < -0.4 is 0 Å². The smallest absolute Gasteiger partial charge is 0.371 e. The number of allylic oxidation sites excluding steroid dienone is 1. The summed E-state index contributed by atoms with van der Waals surface area (Å²) in [5.41, 5.74) is 1.51. The fourth-order valence-electron chi connectivity index (χ4n) is 1.92.